The molecule has 0 amide bonds. The van der Waals surface area contributed by atoms with Gasteiger partial charge in [0.05, 0.1) is 69.6 Å². The summed E-state index contributed by atoms with van der Waals surface area (Å²) in [5, 5.41) is 71.3. The van der Waals surface area contributed by atoms with Crippen molar-refractivity contribution in [3.63, 3.8) is 0 Å². The number of alkyl halides is 9. The fourth-order valence-corrected chi connectivity index (χ4v) is 1.50. The molecule has 276 valence electrons. The maximum atomic E-state index is 8.31. The zero-order valence-corrected chi connectivity index (χ0v) is 43.1. The number of nitrogens with zero attached hydrogens (tertiary/aromatic N) is 9. The van der Waals surface area contributed by atoms with E-state index in [2.05, 4.69) is 149 Å². The Balaban J connectivity index is -0.0000000530. The minimum absolute atomic E-state index is 0.00231. The molecule has 0 aliphatic rings. The first-order valence-corrected chi connectivity index (χ1v) is 22.3. The van der Waals surface area contributed by atoms with Gasteiger partial charge >= 0.3 is 0 Å². The van der Waals surface area contributed by atoms with Crippen LogP contribution in [-0.4, -0.2) is 43.9 Å². The molecule has 18 heteroatoms. The van der Waals surface area contributed by atoms with Crippen molar-refractivity contribution in [3.8, 4) is 54.6 Å². The molecule has 0 N–H and O–H groups in total. The summed E-state index contributed by atoms with van der Waals surface area (Å²) in [6.45, 7) is 14.8. The third kappa shape index (κ3) is 140. The van der Waals surface area contributed by atoms with Crippen LogP contribution >= 0.6 is 143 Å². The highest BCUT2D eigenvalue weighted by Gasteiger charge is 2.10. The van der Waals surface area contributed by atoms with Crippen LogP contribution in [0.1, 0.15) is 87.5 Å². The van der Waals surface area contributed by atoms with Crippen LogP contribution in [0.25, 0.3) is 0 Å². The van der Waals surface area contributed by atoms with Gasteiger partial charge in [-0.15, -0.1) is 0 Å². The fraction of sp³-hybridized carbons (Fsp3) is 0.710. The predicted octanol–water partition coefficient (Wildman–Crippen LogP) is 13.2. The van der Waals surface area contributed by atoms with E-state index in [0.29, 0.717) is 27.8 Å². The highest BCUT2D eigenvalue weighted by atomic mass is 79.9. The zero-order valence-electron chi connectivity index (χ0n) is 28.8. The Bertz CT molecular complexity index is 987. The van der Waals surface area contributed by atoms with E-state index in [1.807, 2.05) is 77.1 Å². The Morgan fingerprint density at radius 3 is 0.735 bits per heavy atom. The van der Waals surface area contributed by atoms with Crippen LogP contribution in [0.3, 0.4) is 0 Å². The van der Waals surface area contributed by atoms with Crippen molar-refractivity contribution >= 4 is 143 Å². The van der Waals surface area contributed by atoms with Crippen LogP contribution in [-0.2, 0) is 0 Å². The third-order valence-electron chi connectivity index (χ3n) is 2.99. The molecule has 0 heterocycles. The van der Waals surface area contributed by atoms with Crippen LogP contribution in [0.2, 0.25) is 0 Å². The smallest absolute Gasteiger partial charge is 0.114 e. The van der Waals surface area contributed by atoms with E-state index in [9.17, 15) is 0 Å². The van der Waals surface area contributed by atoms with Crippen LogP contribution in [0.5, 0.6) is 0 Å². The molecule has 49 heavy (non-hydrogen) atoms. The van der Waals surface area contributed by atoms with Crippen LogP contribution < -0.4 is 0 Å². The molecule has 0 aromatic heterocycles. The molecule has 0 rings (SSSR count). The third-order valence-corrected chi connectivity index (χ3v) is 8.73. The quantitative estimate of drug-likeness (QED) is 0.231. The molecular formula is C31H44Br9N9. The number of hydrogen-bond donors (Lipinski definition) is 0. The van der Waals surface area contributed by atoms with Crippen LogP contribution in [0.4, 0.5) is 0 Å². The zero-order chi connectivity index (χ0) is 41.2. The normalized spacial score (nSPS) is 12.2. The molecule has 8 unspecified atom stereocenters. The minimum atomic E-state index is -0.0486. The monoisotopic (exact) mass is 1250 g/mol. The van der Waals surface area contributed by atoms with Gasteiger partial charge in [-0.3, -0.25) is 0 Å². The van der Waals surface area contributed by atoms with Crippen molar-refractivity contribution in [2.24, 2.45) is 0 Å². The molecule has 8 atom stereocenters. The number of rotatable bonds is 6. The largest absolute Gasteiger partial charge is 0.199 e. The van der Waals surface area contributed by atoms with E-state index >= 15 is 0 Å². The maximum Gasteiger partial charge on any atom is 0.114 e. The van der Waals surface area contributed by atoms with Crippen LogP contribution in [0, 0.1) is 102 Å². The van der Waals surface area contributed by atoms with E-state index in [-0.39, 0.29) is 29.0 Å². The molecule has 0 spiro atoms. The molecule has 0 aliphatic heterocycles. The summed E-state index contributed by atoms with van der Waals surface area (Å²) in [6.07, 6.45) is 3.94. The minimum Gasteiger partial charge on any atom is -0.199 e. The summed E-state index contributed by atoms with van der Waals surface area (Å²) < 4.78 is 0. The van der Waals surface area contributed by atoms with E-state index < -0.39 is 0 Å². The Morgan fingerprint density at radius 2 is 0.714 bits per heavy atom. The van der Waals surface area contributed by atoms with Crippen molar-refractivity contribution < 1.29 is 0 Å². The molecule has 0 aliphatic carbocycles. The van der Waals surface area contributed by atoms with E-state index in [4.69, 9.17) is 47.4 Å². The lowest BCUT2D eigenvalue weighted by molar-refractivity contribution is 0.877. The van der Waals surface area contributed by atoms with Gasteiger partial charge in [0.25, 0.3) is 0 Å². The molecule has 0 aromatic carbocycles. The van der Waals surface area contributed by atoms with Gasteiger partial charge in [-0.2, -0.15) is 47.4 Å². The number of hydrogen-bond acceptors (Lipinski definition) is 9. The molecular weight excluding hydrogens is 1220 g/mol. The first-order chi connectivity index (χ1) is 22.7. The Kier molecular flexibility index (Phi) is 99.7. The van der Waals surface area contributed by atoms with Crippen molar-refractivity contribution in [1.29, 1.82) is 47.4 Å². The van der Waals surface area contributed by atoms with Gasteiger partial charge in [0, 0.05) is 34.2 Å². The van der Waals surface area contributed by atoms with E-state index in [1.165, 1.54) is 6.92 Å². The average molecular weight is 1260 g/mol. The van der Waals surface area contributed by atoms with Gasteiger partial charge in [0.1, 0.15) is 14.5 Å². The van der Waals surface area contributed by atoms with Gasteiger partial charge in [0.2, 0.25) is 0 Å². The highest BCUT2D eigenvalue weighted by Crippen LogP contribution is 2.15. The average Bonchev–Trinajstić information content (AvgIpc) is 3.08. The summed E-state index contributed by atoms with van der Waals surface area (Å²) in [5.41, 5.74) is 0. The highest BCUT2D eigenvalue weighted by molar-refractivity contribution is 9.12. The van der Waals surface area contributed by atoms with E-state index in [0.717, 1.165) is 19.3 Å². The summed E-state index contributed by atoms with van der Waals surface area (Å²) in [7, 11) is 0. The lowest BCUT2D eigenvalue weighted by atomic mass is 10.3. The van der Waals surface area contributed by atoms with Crippen molar-refractivity contribution in [2.75, 3.05) is 5.33 Å². The van der Waals surface area contributed by atoms with Crippen molar-refractivity contribution in [1.82, 2.24) is 0 Å². The molecule has 0 fully saturated rings. The molecule has 0 saturated heterocycles. The first kappa shape index (κ1) is 70.3. The Hall–Kier alpha value is -0.270. The summed E-state index contributed by atoms with van der Waals surface area (Å²) in [4.78, 5) is 1.05. The van der Waals surface area contributed by atoms with Crippen LogP contribution in [0.15, 0.2) is 0 Å². The predicted molar refractivity (Wildman–Crippen MR) is 235 cm³/mol. The summed E-state index contributed by atoms with van der Waals surface area (Å²) >= 11 is 28.1. The summed E-state index contributed by atoms with van der Waals surface area (Å²) in [5.74, 6) is 0. The maximum absolute atomic E-state index is 8.31. The van der Waals surface area contributed by atoms with Gasteiger partial charge in [0.15, 0.2) is 0 Å². The topological polar surface area (TPSA) is 214 Å². The second kappa shape index (κ2) is 69.5. The second-order valence-electron chi connectivity index (χ2n) is 7.76. The Morgan fingerprint density at radius 1 is 0.469 bits per heavy atom. The number of halogens is 9. The van der Waals surface area contributed by atoms with E-state index in [1.54, 1.807) is 19.9 Å². The van der Waals surface area contributed by atoms with Crippen molar-refractivity contribution in [2.45, 2.75) is 126 Å². The molecule has 0 aromatic rings. The SMILES string of the molecule is CC#N.CC(Br)C#N.CC(Br)C#N.CC(Br)CC#N.CC(Br)CC#N.CCC(Br)C#N.CCC(Br)C#N.CCC(Br)C(Br)C#N.N#CCBr. The van der Waals surface area contributed by atoms with Gasteiger partial charge in [-0.05, 0) is 33.1 Å². The van der Waals surface area contributed by atoms with Gasteiger partial charge in [-0.25, -0.2) is 0 Å². The molecule has 0 bridgehead atoms. The number of nitriles is 9. The Labute approximate surface area is 372 Å². The first-order valence-electron chi connectivity index (χ1n) is 13.8. The lowest BCUT2D eigenvalue weighted by Crippen LogP contribution is -2.09. The summed E-state index contributed by atoms with van der Waals surface area (Å²) in [6, 6.07) is 17.7. The molecule has 0 radical (unpaired) electrons. The molecule has 9 nitrogen and oxygen atoms in total. The molecule has 0 saturated carbocycles. The lowest BCUT2D eigenvalue weighted by Gasteiger charge is -2.03. The van der Waals surface area contributed by atoms with Gasteiger partial charge < -0.3 is 0 Å². The fourth-order valence-electron chi connectivity index (χ4n) is 0.722. The second-order valence-corrected chi connectivity index (χ2v) is 18.6. The van der Waals surface area contributed by atoms with Crippen molar-refractivity contribution in [3.05, 3.63) is 0 Å². The van der Waals surface area contributed by atoms with Gasteiger partial charge in [-0.1, -0.05) is 178 Å². The standard InChI is InChI=1S/C5H7Br2N.4C4H6BrN.2C3H4BrN.C2H2BrN.C2H3N/c1-2-4(6)5(7)3-8;2*1-4(5)2-3-6;2*1-2-4(5)3-6;2*1-3(4)2-5;3-1-2-4;1-2-3/h4-5H,2H2,1H3;4*4H,2H2,1H3;2*3H,1H3;1H2;1H3.